The van der Waals surface area contributed by atoms with E-state index in [9.17, 15) is 0 Å². The number of pyridine rings is 1. The molecule has 0 saturated carbocycles. The van der Waals surface area contributed by atoms with Gasteiger partial charge in [-0.15, -0.1) is 0 Å². The van der Waals surface area contributed by atoms with Crippen LogP contribution in [0, 0.1) is 6.92 Å². The van der Waals surface area contributed by atoms with Crippen molar-refractivity contribution < 1.29 is 4.74 Å². The highest BCUT2D eigenvalue weighted by atomic mass is 35.5. The molecule has 0 aliphatic rings. The maximum atomic E-state index is 5.95. The van der Waals surface area contributed by atoms with Crippen molar-refractivity contribution in [3.8, 4) is 5.88 Å². The highest BCUT2D eigenvalue weighted by molar-refractivity contribution is 6.31. The van der Waals surface area contributed by atoms with Crippen LogP contribution in [0.15, 0.2) is 24.7 Å². The van der Waals surface area contributed by atoms with Crippen molar-refractivity contribution in [3.63, 3.8) is 0 Å². The lowest BCUT2D eigenvalue weighted by Gasteiger charge is -2.08. The van der Waals surface area contributed by atoms with Crippen molar-refractivity contribution in [1.29, 1.82) is 0 Å². The molecule has 17 heavy (non-hydrogen) atoms. The number of aryl methyl sites for hydroxylation is 1. The number of anilines is 1. The number of rotatable bonds is 3. The quantitative estimate of drug-likeness (QED) is 0.902. The average Bonchev–Trinajstić information content (AvgIpc) is 2.32. The van der Waals surface area contributed by atoms with Gasteiger partial charge in [-0.2, -0.15) is 0 Å². The lowest BCUT2D eigenvalue weighted by atomic mass is 10.3. The van der Waals surface area contributed by atoms with Crippen LogP contribution in [0.5, 0.6) is 5.88 Å². The summed E-state index contributed by atoms with van der Waals surface area (Å²) in [6.45, 7) is 2.10. The molecule has 0 bridgehead atoms. The fraction of sp³-hybridized carbons (Fsp3) is 0.182. The molecule has 2 aromatic heterocycles. The number of ether oxygens (including phenoxy) is 1. The van der Waals surface area contributed by atoms with Gasteiger partial charge in [-0.05, 0) is 13.0 Å². The first-order valence-corrected chi connectivity index (χ1v) is 5.35. The van der Waals surface area contributed by atoms with Crippen LogP contribution in [0.1, 0.15) is 11.3 Å². The molecule has 2 N–H and O–H groups in total. The summed E-state index contributed by atoms with van der Waals surface area (Å²) in [7, 11) is 0. The first kappa shape index (κ1) is 11.6. The van der Waals surface area contributed by atoms with E-state index in [1.165, 1.54) is 0 Å². The Morgan fingerprint density at radius 1 is 1.41 bits per heavy atom. The third kappa shape index (κ3) is 2.82. The van der Waals surface area contributed by atoms with Gasteiger partial charge in [0.25, 0.3) is 5.88 Å². The number of hydrogen-bond donors (Lipinski definition) is 1. The predicted octanol–water partition coefficient (Wildman–Crippen LogP) is 1.99. The van der Waals surface area contributed by atoms with Gasteiger partial charge in [-0.1, -0.05) is 11.6 Å². The highest BCUT2D eigenvalue weighted by Crippen LogP contribution is 2.19. The summed E-state index contributed by atoms with van der Waals surface area (Å²) < 4.78 is 5.47. The molecule has 2 heterocycles. The summed E-state index contributed by atoms with van der Waals surface area (Å²) in [5, 5.41) is 0.548. The van der Waals surface area contributed by atoms with E-state index in [2.05, 4.69) is 15.0 Å². The Labute approximate surface area is 104 Å². The third-order valence-corrected chi connectivity index (χ3v) is 2.45. The van der Waals surface area contributed by atoms with Crippen molar-refractivity contribution >= 4 is 17.4 Å². The molecule has 88 valence electrons. The minimum absolute atomic E-state index is 0.265. The van der Waals surface area contributed by atoms with Crippen LogP contribution in [-0.2, 0) is 6.61 Å². The van der Waals surface area contributed by atoms with Crippen LogP contribution < -0.4 is 10.5 Å². The van der Waals surface area contributed by atoms with Gasteiger partial charge in [0.1, 0.15) is 6.61 Å². The predicted molar refractivity (Wildman–Crippen MR) is 64.8 cm³/mol. The van der Waals surface area contributed by atoms with Gasteiger partial charge in [-0.25, -0.2) is 9.97 Å². The van der Waals surface area contributed by atoms with Crippen LogP contribution in [0.4, 0.5) is 5.82 Å². The largest absolute Gasteiger partial charge is 0.470 e. The van der Waals surface area contributed by atoms with Gasteiger partial charge in [-0.3, -0.25) is 4.98 Å². The lowest BCUT2D eigenvalue weighted by molar-refractivity contribution is 0.294. The first-order chi connectivity index (χ1) is 8.16. The van der Waals surface area contributed by atoms with E-state index >= 15 is 0 Å². The molecular weight excluding hydrogens is 240 g/mol. The number of nitrogens with zero attached hydrogens (tertiary/aromatic N) is 3. The monoisotopic (exact) mass is 250 g/mol. The Balaban J connectivity index is 2.12. The van der Waals surface area contributed by atoms with Crippen LogP contribution in [-0.4, -0.2) is 15.0 Å². The molecule has 0 aliphatic heterocycles. The molecule has 6 heteroatoms. The summed E-state index contributed by atoms with van der Waals surface area (Å²) >= 11 is 5.95. The zero-order valence-electron chi connectivity index (χ0n) is 9.22. The first-order valence-electron chi connectivity index (χ1n) is 4.97. The van der Waals surface area contributed by atoms with E-state index in [0.717, 1.165) is 11.3 Å². The van der Waals surface area contributed by atoms with Crippen molar-refractivity contribution in [3.05, 3.63) is 40.9 Å². The van der Waals surface area contributed by atoms with Crippen LogP contribution in [0.3, 0.4) is 0 Å². The van der Waals surface area contributed by atoms with Crippen LogP contribution in [0.25, 0.3) is 0 Å². The van der Waals surface area contributed by atoms with Crippen molar-refractivity contribution in [2.24, 2.45) is 0 Å². The van der Waals surface area contributed by atoms with Crippen molar-refractivity contribution in [1.82, 2.24) is 15.0 Å². The maximum absolute atomic E-state index is 5.95. The Morgan fingerprint density at radius 3 is 3.00 bits per heavy atom. The second-order valence-electron chi connectivity index (χ2n) is 3.46. The van der Waals surface area contributed by atoms with E-state index in [1.54, 1.807) is 24.7 Å². The van der Waals surface area contributed by atoms with Crippen LogP contribution >= 0.6 is 11.6 Å². The fourth-order valence-electron chi connectivity index (χ4n) is 1.24. The Kier molecular flexibility index (Phi) is 3.39. The number of nitrogen functional groups attached to an aromatic ring is 1. The highest BCUT2D eigenvalue weighted by Gasteiger charge is 2.06. The molecule has 0 aromatic carbocycles. The molecule has 0 fully saturated rings. The average molecular weight is 251 g/mol. The fourth-order valence-corrected chi connectivity index (χ4v) is 1.41. The van der Waals surface area contributed by atoms with E-state index in [1.807, 2.05) is 6.92 Å². The third-order valence-electron chi connectivity index (χ3n) is 2.11. The molecule has 0 atom stereocenters. The van der Waals surface area contributed by atoms with Gasteiger partial charge in [0.2, 0.25) is 0 Å². The molecule has 2 aromatic rings. The van der Waals surface area contributed by atoms with Gasteiger partial charge < -0.3 is 10.5 Å². The molecule has 5 nitrogen and oxygen atoms in total. The topological polar surface area (TPSA) is 73.9 Å². The summed E-state index contributed by atoms with van der Waals surface area (Å²) in [6, 6.07) is 1.78. The molecule has 2 rings (SSSR count). The second kappa shape index (κ2) is 4.97. The minimum atomic E-state index is 0.265. The number of hydrogen-bond acceptors (Lipinski definition) is 5. The number of aromatic nitrogens is 3. The normalized spacial score (nSPS) is 10.2. The van der Waals surface area contributed by atoms with Gasteiger partial charge >= 0.3 is 0 Å². The number of nitrogens with two attached hydrogens (primary N) is 1. The summed E-state index contributed by atoms with van der Waals surface area (Å²) in [6.07, 6.45) is 4.79. The van der Waals surface area contributed by atoms with E-state index in [0.29, 0.717) is 10.9 Å². The minimum Gasteiger partial charge on any atom is -0.470 e. The molecule has 0 radical (unpaired) electrons. The number of halogens is 1. The zero-order valence-corrected chi connectivity index (χ0v) is 9.98. The Hall–Kier alpha value is -1.88. The Morgan fingerprint density at radius 2 is 2.24 bits per heavy atom. The van der Waals surface area contributed by atoms with Crippen molar-refractivity contribution in [2.75, 3.05) is 5.73 Å². The van der Waals surface area contributed by atoms with Crippen molar-refractivity contribution in [2.45, 2.75) is 13.5 Å². The Bertz CT molecular complexity index is 533. The maximum Gasteiger partial charge on any atom is 0.257 e. The summed E-state index contributed by atoms with van der Waals surface area (Å²) in [5.41, 5.74) is 7.22. The lowest BCUT2D eigenvalue weighted by Crippen LogP contribution is -2.04. The molecule has 0 amide bonds. The van der Waals surface area contributed by atoms with E-state index in [4.69, 9.17) is 22.1 Å². The summed E-state index contributed by atoms with van der Waals surface area (Å²) in [4.78, 5) is 12.0. The van der Waals surface area contributed by atoms with Gasteiger partial charge in [0.15, 0.2) is 5.82 Å². The molecule has 0 saturated heterocycles. The SMILES string of the molecule is Cc1cnc(N)c(OCc2ccncc2Cl)n1. The molecule has 0 aliphatic carbocycles. The molecule has 0 unspecified atom stereocenters. The van der Waals surface area contributed by atoms with E-state index < -0.39 is 0 Å². The zero-order chi connectivity index (χ0) is 12.3. The van der Waals surface area contributed by atoms with E-state index in [-0.39, 0.29) is 12.4 Å². The summed E-state index contributed by atoms with van der Waals surface area (Å²) in [5.74, 6) is 0.582. The molecule has 0 spiro atoms. The smallest absolute Gasteiger partial charge is 0.257 e. The molecular formula is C11H11ClN4O. The standard InChI is InChI=1S/C11H11ClN4O/c1-7-4-15-10(13)11(16-7)17-6-8-2-3-14-5-9(8)12/h2-5H,6H2,1H3,(H2,13,15). The van der Waals surface area contributed by atoms with Gasteiger partial charge in [0.05, 0.1) is 16.9 Å². The van der Waals surface area contributed by atoms with Gasteiger partial charge in [0, 0.05) is 18.0 Å². The second-order valence-corrected chi connectivity index (χ2v) is 3.86. The van der Waals surface area contributed by atoms with Crippen LogP contribution in [0.2, 0.25) is 5.02 Å².